The number of carboxylic acids is 1. The SMILES string of the molecule is Cc1ccc(S(=O)(=O)n2c(-c3cc(N4CC(C(=O)O)C4)ccc3Cl)c(-c3ccsc3C#N)c3cc(F)ccc32)cc1. The second-order valence-corrected chi connectivity index (χ2v) is 13.0. The molecule has 1 aliphatic heterocycles. The smallest absolute Gasteiger partial charge is 0.310 e. The summed E-state index contributed by atoms with van der Waals surface area (Å²) < 4.78 is 44.7. The van der Waals surface area contributed by atoms with Crippen LogP contribution >= 0.6 is 22.9 Å². The van der Waals surface area contributed by atoms with Gasteiger partial charge in [0.15, 0.2) is 0 Å². The van der Waals surface area contributed by atoms with Gasteiger partial charge >= 0.3 is 5.97 Å². The molecule has 5 aromatic rings. The fourth-order valence-electron chi connectivity index (χ4n) is 5.15. The predicted octanol–water partition coefficient (Wildman–Crippen LogP) is 6.77. The molecule has 206 valence electrons. The van der Waals surface area contributed by atoms with Crippen LogP contribution < -0.4 is 4.90 Å². The van der Waals surface area contributed by atoms with Crippen LogP contribution in [0.4, 0.5) is 10.1 Å². The number of carbonyl (C=O) groups is 1. The Balaban J connectivity index is 1.71. The topological polar surface area (TPSA) is 103 Å². The number of fused-ring (bicyclic) bond motifs is 1. The van der Waals surface area contributed by atoms with Gasteiger partial charge in [-0.3, -0.25) is 4.79 Å². The number of aryl methyl sites for hydroxylation is 1. The van der Waals surface area contributed by atoms with E-state index in [1.807, 2.05) is 11.8 Å². The number of hydrogen-bond acceptors (Lipinski definition) is 6. The van der Waals surface area contributed by atoms with Gasteiger partial charge in [-0.15, -0.1) is 11.3 Å². The second kappa shape index (κ2) is 10.0. The fourth-order valence-corrected chi connectivity index (χ4v) is 7.58. The van der Waals surface area contributed by atoms with Crippen LogP contribution in [0.15, 0.2) is 77.0 Å². The molecule has 0 spiro atoms. The van der Waals surface area contributed by atoms with Gasteiger partial charge in [-0.2, -0.15) is 5.26 Å². The molecule has 6 rings (SSSR count). The van der Waals surface area contributed by atoms with Gasteiger partial charge in [0.1, 0.15) is 16.8 Å². The highest BCUT2D eigenvalue weighted by Gasteiger charge is 2.34. The van der Waals surface area contributed by atoms with Gasteiger partial charge in [0.2, 0.25) is 0 Å². The molecule has 11 heteroatoms. The number of halogens is 2. The number of hydrogen-bond donors (Lipinski definition) is 1. The molecule has 0 unspecified atom stereocenters. The van der Waals surface area contributed by atoms with E-state index in [-0.39, 0.29) is 21.1 Å². The molecular formula is C30H21ClFN3O4S2. The van der Waals surface area contributed by atoms with Gasteiger partial charge in [0, 0.05) is 40.9 Å². The lowest BCUT2D eigenvalue weighted by Gasteiger charge is -2.38. The van der Waals surface area contributed by atoms with Crippen molar-refractivity contribution in [2.24, 2.45) is 5.92 Å². The Labute approximate surface area is 244 Å². The van der Waals surface area contributed by atoms with Crippen molar-refractivity contribution in [2.75, 3.05) is 18.0 Å². The maximum Gasteiger partial charge on any atom is 0.310 e. The van der Waals surface area contributed by atoms with Crippen LogP contribution in [0.5, 0.6) is 0 Å². The van der Waals surface area contributed by atoms with E-state index in [1.54, 1.807) is 41.8 Å². The summed E-state index contributed by atoms with van der Waals surface area (Å²) in [4.78, 5) is 13.6. The number of aliphatic carboxylic acids is 1. The molecule has 41 heavy (non-hydrogen) atoms. The number of nitrogens with zero attached hydrogens (tertiary/aromatic N) is 3. The Morgan fingerprint density at radius 3 is 2.49 bits per heavy atom. The molecule has 0 amide bonds. The van der Waals surface area contributed by atoms with Gasteiger partial charge in [0.25, 0.3) is 10.0 Å². The predicted molar refractivity (Wildman–Crippen MR) is 157 cm³/mol. The van der Waals surface area contributed by atoms with Crippen LogP contribution in [-0.4, -0.2) is 36.6 Å². The van der Waals surface area contributed by atoms with Gasteiger partial charge in [-0.05, 0) is 66.9 Å². The van der Waals surface area contributed by atoms with Crippen molar-refractivity contribution in [3.8, 4) is 28.5 Å². The lowest BCUT2D eigenvalue weighted by atomic mass is 9.96. The van der Waals surface area contributed by atoms with Crippen LogP contribution in [0.1, 0.15) is 10.4 Å². The van der Waals surface area contributed by atoms with Crippen LogP contribution in [0.3, 0.4) is 0 Å². The van der Waals surface area contributed by atoms with Gasteiger partial charge in [0.05, 0.1) is 27.0 Å². The lowest BCUT2D eigenvalue weighted by molar-refractivity contribution is -0.142. The third-order valence-corrected chi connectivity index (χ3v) is 10.2. The zero-order valence-corrected chi connectivity index (χ0v) is 23.9. The maximum atomic E-state index is 14.8. The van der Waals surface area contributed by atoms with E-state index in [0.29, 0.717) is 45.7 Å². The van der Waals surface area contributed by atoms with E-state index in [1.165, 1.54) is 45.6 Å². The monoisotopic (exact) mass is 605 g/mol. The average molecular weight is 606 g/mol. The van der Waals surface area contributed by atoms with Gasteiger partial charge in [-0.1, -0.05) is 29.3 Å². The van der Waals surface area contributed by atoms with Crippen molar-refractivity contribution in [1.29, 1.82) is 5.26 Å². The van der Waals surface area contributed by atoms with Crippen molar-refractivity contribution in [1.82, 2.24) is 3.97 Å². The summed E-state index contributed by atoms with van der Waals surface area (Å²) in [7, 11) is -4.26. The standard InChI is InChI=1S/C30H21ClFN3O4S2/c1-17-2-6-21(7-3-17)41(38,39)35-26-9-4-19(32)12-24(26)28(22-10-11-40-27(22)14-33)29(35)23-13-20(5-8-25(23)31)34-15-18(16-34)30(36)37/h2-13,18H,15-16H2,1H3,(H,36,37). The minimum Gasteiger partial charge on any atom is -0.481 e. The van der Waals surface area contributed by atoms with Gasteiger partial charge < -0.3 is 10.0 Å². The van der Waals surface area contributed by atoms with Crippen LogP contribution in [-0.2, 0) is 14.8 Å². The van der Waals surface area contributed by atoms with E-state index >= 15 is 0 Å². The van der Waals surface area contributed by atoms with Gasteiger partial charge in [-0.25, -0.2) is 16.8 Å². The first-order valence-electron chi connectivity index (χ1n) is 12.5. The molecule has 0 bridgehead atoms. The molecule has 0 radical (unpaired) electrons. The normalized spacial score (nSPS) is 13.8. The van der Waals surface area contributed by atoms with E-state index in [2.05, 4.69) is 6.07 Å². The Kier molecular flexibility index (Phi) is 6.61. The van der Waals surface area contributed by atoms with Crippen molar-refractivity contribution < 1.29 is 22.7 Å². The molecular weight excluding hydrogens is 585 g/mol. The molecule has 0 aliphatic carbocycles. The van der Waals surface area contributed by atoms with E-state index in [9.17, 15) is 28.0 Å². The highest BCUT2D eigenvalue weighted by Crippen LogP contribution is 2.47. The zero-order valence-electron chi connectivity index (χ0n) is 21.5. The summed E-state index contributed by atoms with van der Waals surface area (Å²) >= 11 is 7.97. The number of rotatable bonds is 6. The highest BCUT2D eigenvalue weighted by molar-refractivity contribution is 7.90. The van der Waals surface area contributed by atoms with E-state index in [4.69, 9.17) is 11.6 Å². The number of nitriles is 1. The van der Waals surface area contributed by atoms with Crippen molar-refractivity contribution >= 4 is 55.5 Å². The number of aromatic nitrogens is 1. The largest absolute Gasteiger partial charge is 0.481 e. The fraction of sp³-hybridized carbons (Fsp3) is 0.133. The molecule has 3 aromatic carbocycles. The molecule has 2 aromatic heterocycles. The van der Waals surface area contributed by atoms with Crippen LogP contribution in [0.2, 0.25) is 5.02 Å². The summed E-state index contributed by atoms with van der Waals surface area (Å²) in [5.74, 6) is -1.96. The number of benzene rings is 3. The molecule has 1 N–H and O–H groups in total. The average Bonchev–Trinajstić information content (AvgIpc) is 3.50. The number of anilines is 1. The van der Waals surface area contributed by atoms with Crippen molar-refractivity contribution in [3.05, 3.63) is 93.4 Å². The van der Waals surface area contributed by atoms with Crippen molar-refractivity contribution in [2.45, 2.75) is 11.8 Å². The van der Waals surface area contributed by atoms with E-state index in [0.717, 1.165) is 5.56 Å². The summed E-state index contributed by atoms with van der Waals surface area (Å²) in [5, 5.41) is 21.5. The van der Waals surface area contributed by atoms with Crippen LogP contribution in [0.25, 0.3) is 33.3 Å². The van der Waals surface area contributed by atoms with Crippen LogP contribution in [0, 0.1) is 30.0 Å². The Bertz CT molecular complexity index is 2000. The summed E-state index contributed by atoms with van der Waals surface area (Å²) in [6.07, 6.45) is 0. The summed E-state index contributed by atoms with van der Waals surface area (Å²) in [6.45, 7) is 2.44. The Hall–Kier alpha value is -4.17. The second-order valence-electron chi connectivity index (χ2n) is 9.85. The Morgan fingerprint density at radius 2 is 1.80 bits per heavy atom. The third kappa shape index (κ3) is 4.47. The Morgan fingerprint density at radius 1 is 1.07 bits per heavy atom. The lowest BCUT2D eigenvalue weighted by Crippen LogP contribution is -2.50. The maximum absolute atomic E-state index is 14.8. The molecule has 1 saturated heterocycles. The third-order valence-electron chi connectivity index (χ3n) is 7.28. The molecule has 0 saturated carbocycles. The minimum absolute atomic E-state index is 0.0299. The zero-order chi connectivity index (χ0) is 29.1. The first kappa shape index (κ1) is 27.0. The van der Waals surface area contributed by atoms with Crippen molar-refractivity contribution in [3.63, 3.8) is 0 Å². The molecule has 1 aliphatic rings. The summed E-state index contributed by atoms with van der Waals surface area (Å²) in [5.41, 5.74) is 3.11. The van der Waals surface area contributed by atoms with E-state index < -0.39 is 27.7 Å². The number of carboxylic acid groups (broad SMARTS) is 1. The first-order valence-corrected chi connectivity index (χ1v) is 15.2. The highest BCUT2D eigenvalue weighted by atomic mass is 35.5. The number of thiophene rings is 1. The summed E-state index contributed by atoms with van der Waals surface area (Å²) in [6, 6.07) is 19.2. The minimum atomic E-state index is -4.26. The molecule has 7 nitrogen and oxygen atoms in total. The quantitative estimate of drug-likeness (QED) is 0.229. The molecule has 3 heterocycles. The molecule has 0 atom stereocenters. The first-order chi connectivity index (χ1) is 19.6. The molecule has 1 fully saturated rings.